The summed E-state index contributed by atoms with van der Waals surface area (Å²) in [5, 5.41) is 11.7. The number of aliphatic carboxylic acids is 1. The third-order valence-corrected chi connectivity index (χ3v) is 3.18. The van der Waals surface area contributed by atoms with Gasteiger partial charge in [0.1, 0.15) is 5.54 Å². The van der Waals surface area contributed by atoms with Crippen LogP contribution in [0.3, 0.4) is 0 Å². The van der Waals surface area contributed by atoms with Crippen LogP contribution in [0.25, 0.3) is 0 Å². The summed E-state index contributed by atoms with van der Waals surface area (Å²) in [6.07, 6.45) is 1.41. The Morgan fingerprint density at radius 2 is 2.05 bits per heavy atom. The van der Waals surface area contributed by atoms with Crippen molar-refractivity contribution in [3.8, 4) is 0 Å². The van der Waals surface area contributed by atoms with Crippen molar-refractivity contribution in [1.29, 1.82) is 0 Å². The number of carbonyl (C=O) groups is 3. The Kier molecular flexibility index (Phi) is 5.52. The predicted molar refractivity (Wildman–Crippen MR) is 74.8 cm³/mol. The Hall–Kier alpha value is -2.31. The number of carboxylic acids is 1. The summed E-state index contributed by atoms with van der Waals surface area (Å²) in [4.78, 5) is 36.1. The average Bonchev–Trinajstić information content (AvgIpc) is 2.92. The molecule has 0 aromatic carbocycles. The monoisotopic (exact) mass is 296 g/mol. The quantitative estimate of drug-likeness (QED) is 0.785. The number of nitrogens with one attached hydrogen (secondary N) is 1. The van der Waals surface area contributed by atoms with E-state index < -0.39 is 17.4 Å². The molecule has 0 atom stereocenters. The van der Waals surface area contributed by atoms with E-state index in [1.165, 1.54) is 31.1 Å². The molecule has 0 aliphatic carbocycles. The molecule has 1 heterocycles. The number of hydrogen-bond acceptors (Lipinski definition) is 4. The summed E-state index contributed by atoms with van der Waals surface area (Å²) in [7, 11) is 0. The van der Waals surface area contributed by atoms with Crippen LogP contribution < -0.4 is 5.32 Å². The summed E-state index contributed by atoms with van der Waals surface area (Å²) in [5.41, 5.74) is -1.28. The molecule has 7 nitrogen and oxygen atoms in total. The summed E-state index contributed by atoms with van der Waals surface area (Å²) in [6.45, 7) is 5.05. The van der Waals surface area contributed by atoms with E-state index in [1.807, 2.05) is 0 Å². The lowest BCUT2D eigenvalue weighted by Crippen LogP contribution is -2.53. The molecular weight excluding hydrogens is 276 g/mol. The number of rotatable bonds is 7. The molecule has 0 bridgehead atoms. The molecule has 7 heteroatoms. The van der Waals surface area contributed by atoms with Gasteiger partial charge in [-0.15, -0.1) is 0 Å². The molecule has 0 radical (unpaired) electrons. The van der Waals surface area contributed by atoms with Crippen LogP contribution in [0.1, 0.15) is 37.7 Å². The molecule has 0 saturated heterocycles. The maximum Gasteiger partial charge on any atom is 0.329 e. The first-order valence-electron chi connectivity index (χ1n) is 6.66. The lowest BCUT2D eigenvalue weighted by molar-refractivity contribution is -0.156. The van der Waals surface area contributed by atoms with Gasteiger partial charge >= 0.3 is 5.97 Å². The molecule has 2 amide bonds. The van der Waals surface area contributed by atoms with Crippen LogP contribution >= 0.6 is 0 Å². The Morgan fingerprint density at radius 3 is 2.52 bits per heavy atom. The number of carboxylic acid groups (broad SMARTS) is 1. The van der Waals surface area contributed by atoms with Crippen LogP contribution in [-0.2, 0) is 9.59 Å². The lowest BCUT2D eigenvalue weighted by Gasteiger charge is -2.34. The van der Waals surface area contributed by atoms with Crippen molar-refractivity contribution in [3.63, 3.8) is 0 Å². The van der Waals surface area contributed by atoms with Gasteiger partial charge in [0.2, 0.25) is 5.91 Å². The molecule has 0 aliphatic rings. The van der Waals surface area contributed by atoms with Crippen LogP contribution in [0, 0.1) is 0 Å². The van der Waals surface area contributed by atoms with Crippen LogP contribution in [0.15, 0.2) is 22.8 Å². The molecule has 1 rings (SSSR count). The first-order valence-corrected chi connectivity index (χ1v) is 6.66. The van der Waals surface area contributed by atoms with Gasteiger partial charge < -0.3 is 19.7 Å². The summed E-state index contributed by atoms with van der Waals surface area (Å²) in [6, 6.07) is 3.11. The van der Waals surface area contributed by atoms with E-state index in [0.717, 1.165) is 0 Å². The minimum atomic E-state index is -1.28. The first kappa shape index (κ1) is 16.7. The van der Waals surface area contributed by atoms with E-state index >= 15 is 0 Å². The summed E-state index contributed by atoms with van der Waals surface area (Å²) in [5.74, 6) is -1.64. The van der Waals surface area contributed by atoms with Crippen LogP contribution in [-0.4, -0.2) is 46.4 Å². The van der Waals surface area contributed by atoms with Crippen molar-refractivity contribution < 1.29 is 23.9 Å². The van der Waals surface area contributed by atoms with Gasteiger partial charge in [-0.2, -0.15) is 0 Å². The second-order valence-corrected chi connectivity index (χ2v) is 4.99. The Labute approximate surface area is 122 Å². The molecule has 0 aliphatic heterocycles. The fraction of sp³-hybridized carbons (Fsp3) is 0.500. The highest BCUT2D eigenvalue weighted by atomic mass is 16.4. The van der Waals surface area contributed by atoms with E-state index in [1.54, 1.807) is 13.0 Å². The molecule has 0 fully saturated rings. The number of hydrogen-bond donors (Lipinski definition) is 2. The zero-order valence-corrected chi connectivity index (χ0v) is 12.4. The van der Waals surface area contributed by atoms with Gasteiger partial charge in [-0.1, -0.05) is 0 Å². The minimum absolute atomic E-state index is 0.0248. The molecule has 1 aromatic rings. The molecule has 21 heavy (non-hydrogen) atoms. The van der Waals surface area contributed by atoms with Crippen LogP contribution in [0.4, 0.5) is 0 Å². The van der Waals surface area contributed by atoms with Crippen molar-refractivity contribution in [1.82, 2.24) is 10.2 Å². The van der Waals surface area contributed by atoms with Gasteiger partial charge in [0.15, 0.2) is 5.76 Å². The third kappa shape index (κ3) is 4.08. The fourth-order valence-corrected chi connectivity index (χ4v) is 1.91. The van der Waals surface area contributed by atoms with Crippen molar-refractivity contribution in [2.24, 2.45) is 0 Å². The zero-order valence-electron chi connectivity index (χ0n) is 12.4. The van der Waals surface area contributed by atoms with Gasteiger partial charge in [-0.25, -0.2) is 4.79 Å². The topological polar surface area (TPSA) is 99.9 Å². The van der Waals surface area contributed by atoms with E-state index in [9.17, 15) is 14.4 Å². The number of likely N-dealkylation sites (N-methyl/N-ethyl adjacent to an activating group) is 1. The van der Waals surface area contributed by atoms with Crippen LogP contribution in [0.2, 0.25) is 0 Å². The van der Waals surface area contributed by atoms with Gasteiger partial charge in [-0.05, 0) is 32.9 Å². The highest BCUT2D eigenvalue weighted by Gasteiger charge is 2.36. The SMILES string of the molecule is CCN(C(=O)CCNC(=O)c1ccco1)C(C)(C)C(=O)O. The van der Waals surface area contributed by atoms with Gasteiger partial charge in [0.25, 0.3) is 5.91 Å². The molecule has 0 spiro atoms. The van der Waals surface area contributed by atoms with E-state index in [-0.39, 0.29) is 31.2 Å². The number of amides is 2. The van der Waals surface area contributed by atoms with E-state index in [2.05, 4.69) is 5.32 Å². The number of carbonyl (C=O) groups excluding carboxylic acids is 2. The standard InChI is InChI=1S/C14H20N2O5/c1-4-16(14(2,3)13(19)20)11(17)7-8-15-12(18)10-6-5-9-21-10/h5-6,9H,4,7-8H2,1-3H3,(H,15,18)(H,19,20). The average molecular weight is 296 g/mol. The minimum Gasteiger partial charge on any atom is -0.480 e. The van der Waals surface area contributed by atoms with Crippen LogP contribution in [0.5, 0.6) is 0 Å². The first-order chi connectivity index (χ1) is 9.80. The predicted octanol–water partition coefficient (Wildman–Crippen LogP) is 1.11. The molecule has 0 unspecified atom stereocenters. The molecule has 1 aromatic heterocycles. The Bertz CT molecular complexity index is 507. The molecule has 2 N–H and O–H groups in total. The van der Waals surface area contributed by atoms with Gasteiger partial charge in [0.05, 0.1) is 6.26 Å². The maximum absolute atomic E-state index is 12.1. The maximum atomic E-state index is 12.1. The lowest BCUT2D eigenvalue weighted by atomic mass is 10.0. The third-order valence-electron chi connectivity index (χ3n) is 3.18. The van der Waals surface area contributed by atoms with E-state index in [4.69, 9.17) is 9.52 Å². The Balaban J connectivity index is 2.52. The second-order valence-electron chi connectivity index (χ2n) is 4.99. The largest absolute Gasteiger partial charge is 0.480 e. The number of nitrogens with zero attached hydrogens (tertiary/aromatic N) is 1. The van der Waals surface area contributed by atoms with E-state index in [0.29, 0.717) is 0 Å². The molecular formula is C14H20N2O5. The highest BCUT2D eigenvalue weighted by molar-refractivity contribution is 5.92. The fourth-order valence-electron chi connectivity index (χ4n) is 1.91. The van der Waals surface area contributed by atoms with Gasteiger partial charge in [-0.3, -0.25) is 9.59 Å². The van der Waals surface area contributed by atoms with Gasteiger partial charge in [0, 0.05) is 19.5 Å². The second kappa shape index (κ2) is 6.92. The Morgan fingerprint density at radius 1 is 1.38 bits per heavy atom. The summed E-state index contributed by atoms with van der Waals surface area (Å²) >= 11 is 0. The van der Waals surface area contributed by atoms with Crippen molar-refractivity contribution >= 4 is 17.8 Å². The smallest absolute Gasteiger partial charge is 0.329 e. The highest BCUT2D eigenvalue weighted by Crippen LogP contribution is 2.15. The number of furan rings is 1. The summed E-state index contributed by atoms with van der Waals surface area (Å²) < 4.78 is 4.92. The normalized spacial score (nSPS) is 11.0. The van der Waals surface area contributed by atoms with Crippen molar-refractivity contribution in [2.45, 2.75) is 32.7 Å². The molecule has 116 valence electrons. The van der Waals surface area contributed by atoms with Crippen molar-refractivity contribution in [3.05, 3.63) is 24.2 Å². The van der Waals surface area contributed by atoms with Crippen molar-refractivity contribution in [2.75, 3.05) is 13.1 Å². The zero-order chi connectivity index (χ0) is 16.0. The molecule has 0 saturated carbocycles.